The van der Waals surface area contributed by atoms with E-state index in [-0.39, 0.29) is 0 Å². The number of benzene rings is 2. The Labute approximate surface area is 174 Å². The maximum Gasteiger partial charge on any atom is 0.0500 e. The van der Waals surface area contributed by atoms with Crippen LogP contribution in [0.5, 0.6) is 0 Å². The lowest BCUT2D eigenvalue weighted by molar-refractivity contribution is 1.17. The first kappa shape index (κ1) is 23.5. The lowest BCUT2D eigenvalue weighted by atomic mass is 9.87. The van der Waals surface area contributed by atoms with Gasteiger partial charge in [-0.2, -0.15) is 0 Å². The monoisotopic (exact) mass is 429 g/mol. The Bertz CT molecular complexity index is 916. The summed E-state index contributed by atoms with van der Waals surface area (Å²) in [6.45, 7) is 21.9. The second-order valence-electron chi connectivity index (χ2n) is 7.07. The molecular weight excluding hydrogens is 394 g/mol. The van der Waals surface area contributed by atoms with Gasteiger partial charge in [0.1, 0.15) is 0 Å². The molecule has 3 aromatic rings. The second-order valence-corrected chi connectivity index (χ2v) is 7.07. The number of rotatable bonds is 1. The number of aromatic nitrogens is 1. The number of alkyl halides is 1. The molecule has 0 aliphatic heterocycles. The number of aryl methyl sites for hydroxylation is 3. The fourth-order valence-corrected chi connectivity index (χ4v) is 3.92. The zero-order valence-corrected chi connectivity index (χ0v) is 20.6. The average molecular weight is 430 g/mol. The average Bonchev–Trinajstić information content (AvgIpc) is 3.03. The maximum atomic E-state index is 3.74. The van der Waals surface area contributed by atoms with Gasteiger partial charge in [-0.1, -0.05) is 41.9 Å². The fraction of sp³-hybridized carbons (Fsp3) is 0.440. The summed E-state index contributed by atoms with van der Waals surface area (Å²) in [6, 6.07) is 4.44. The standard InChI is InChI=1S/C22H27N.C2H6.CH3Br/c1-11-9-10-12(2)21-19(11)18(8)22(23-21)20-16(6)14(4)13(3)15(5)17(20)7;2*1-2/h9-10,23H,1-8H3;1-2H3;1H3. The van der Waals surface area contributed by atoms with Gasteiger partial charge < -0.3 is 4.98 Å². The highest BCUT2D eigenvalue weighted by Gasteiger charge is 2.19. The molecule has 0 unspecified atom stereocenters. The molecule has 1 heterocycles. The van der Waals surface area contributed by atoms with Crippen molar-refractivity contribution in [3.8, 4) is 11.3 Å². The normalized spacial score (nSPS) is 10.2. The quantitative estimate of drug-likeness (QED) is 0.374. The van der Waals surface area contributed by atoms with Crippen molar-refractivity contribution in [3.63, 3.8) is 0 Å². The number of hydrogen-bond acceptors (Lipinski definition) is 0. The zero-order chi connectivity index (χ0) is 21.0. The van der Waals surface area contributed by atoms with Crippen LogP contribution in [0.1, 0.15) is 58.4 Å². The van der Waals surface area contributed by atoms with Gasteiger partial charge in [0.05, 0.1) is 0 Å². The Hall–Kier alpha value is -1.54. The van der Waals surface area contributed by atoms with Gasteiger partial charge >= 0.3 is 0 Å². The van der Waals surface area contributed by atoms with E-state index < -0.39 is 0 Å². The lowest BCUT2D eigenvalue weighted by Crippen LogP contribution is -2.00. The van der Waals surface area contributed by atoms with Crippen LogP contribution in [-0.2, 0) is 0 Å². The third-order valence-corrected chi connectivity index (χ3v) is 5.87. The fourth-order valence-electron chi connectivity index (χ4n) is 3.92. The number of H-pyrrole nitrogens is 1. The Kier molecular flexibility index (Phi) is 8.35. The lowest BCUT2D eigenvalue weighted by Gasteiger charge is -2.18. The summed E-state index contributed by atoms with van der Waals surface area (Å²) in [5, 5.41) is 1.38. The van der Waals surface area contributed by atoms with Gasteiger partial charge in [0.15, 0.2) is 0 Å². The van der Waals surface area contributed by atoms with E-state index in [1.165, 1.54) is 66.7 Å². The molecule has 0 aliphatic rings. The van der Waals surface area contributed by atoms with Crippen LogP contribution in [0.4, 0.5) is 0 Å². The summed E-state index contributed by atoms with van der Waals surface area (Å²) in [4.78, 5) is 3.74. The molecular formula is C25H36BrN. The highest BCUT2D eigenvalue weighted by Crippen LogP contribution is 2.39. The van der Waals surface area contributed by atoms with Crippen LogP contribution in [0, 0.1) is 55.4 Å². The van der Waals surface area contributed by atoms with E-state index in [1.54, 1.807) is 0 Å². The van der Waals surface area contributed by atoms with Crippen molar-refractivity contribution < 1.29 is 0 Å². The van der Waals surface area contributed by atoms with Gasteiger partial charge in [-0.15, -0.1) is 0 Å². The number of aromatic amines is 1. The molecule has 1 N–H and O–H groups in total. The highest BCUT2D eigenvalue weighted by atomic mass is 79.9. The van der Waals surface area contributed by atoms with Gasteiger partial charge in [0.2, 0.25) is 0 Å². The van der Waals surface area contributed by atoms with Crippen LogP contribution in [0.3, 0.4) is 0 Å². The molecule has 2 heteroatoms. The summed E-state index contributed by atoms with van der Waals surface area (Å²) in [5.41, 5.74) is 15.0. The van der Waals surface area contributed by atoms with Crippen molar-refractivity contribution >= 4 is 26.8 Å². The van der Waals surface area contributed by atoms with Crippen LogP contribution in [0.2, 0.25) is 0 Å². The Morgan fingerprint density at radius 3 is 1.44 bits per heavy atom. The molecule has 0 amide bonds. The van der Waals surface area contributed by atoms with E-state index in [9.17, 15) is 0 Å². The molecule has 2 aromatic carbocycles. The van der Waals surface area contributed by atoms with E-state index >= 15 is 0 Å². The molecule has 148 valence electrons. The number of nitrogens with one attached hydrogen (secondary N) is 1. The minimum absolute atomic E-state index is 1.28. The van der Waals surface area contributed by atoms with Gasteiger partial charge in [0, 0.05) is 22.2 Å². The van der Waals surface area contributed by atoms with E-state index in [2.05, 4.69) is 88.4 Å². The molecule has 27 heavy (non-hydrogen) atoms. The molecule has 1 aromatic heterocycles. The molecule has 0 saturated carbocycles. The molecule has 0 bridgehead atoms. The van der Waals surface area contributed by atoms with Crippen molar-refractivity contribution in [1.29, 1.82) is 0 Å². The number of hydrogen-bond donors (Lipinski definition) is 1. The number of halogens is 1. The van der Waals surface area contributed by atoms with Crippen LogP contribution in [0.25, 0.3) is 22.2 Å². The van der Waals surface area contributed by atoms with Crippen molar-refractivity contribution in [2.75, 3.05) is 5.83 Å². The summed E-state index contributed by atoms with van der Waals surface area (Å²) >= 11 is 2.94. The van der Waals surface area contributed by atoms with Gasteiger partial charge in [-0.05, 0) is 106 Å². The Morgan fingerprint density at radius 2 is 1.00 bits per heavy atom. The summed E-state index contributed by atoms with van der Waals surface area (Å²) in [5.74, 6) is 1.81. The SMILES string of the molecule is CBr.CC.Cc1c(C)c(C)c(-c2[nH]c3c(C)ccc(C)c3c2C)c(C)c1C. The third kappa shape index (κ3) is 4.01. The van der Waals surface area contributed by atoms with Gasteiger partial charge in [0.25, 0.3) is 0 Å². The summed E-state index contributed by atoms with van der Waals surface area (Å²) < 4.78 is 0. The molecule has 3 rings (SSSR count). The summed E-state index contributed by atoms with van der Waals surface area (Å²) in [6.07, 6.45) is 0. The number of fused-ring (bicyclic) bond motifs is 1. The first-order valence-corrected chi connectivity index (χ1v) is 11.4. The molecule has 0 radical (unpaired) electrons. The van der Waals surface area contributed by atoms with E-state index in [0.29, 0.717) is 0 Å². The smallest absolute Gasteiger partial charge is 0.0500 e. The van der Waals surface area contributed by atoms with E-state index in [4.69, 9.17) is 0 Å². The summed E-state index contributed by atoms with van der Waals surface area (Å²) in [7, 11) is 0. The predicted molar refractivity (Wildman–Crippen MR) is 128 cm³/mol. The first-order valence-electron chi connectivity index (χ1n) is 9.79. The second kappa shape index (κ2) is 9.59. The third-order valence-electron chi connectivity index (χ3n) is 5.87. The van der Waals surface area contributed by atoms with Crippen molar-refractivity contribution in [1.82, 2.24) is 4.98 Å². The topological polar surface area (TPSA) is 15.8 Å². The molecule has 0 atom stereocenters. The van der Waals surface area contributed by atoms with Crippen LogP contribution >= 0.6 is 15.9 Å². The molecule has 0 saturated heterocycles. The molecule has 1 nitrogen and oxygen atoms in total. The minimum Gasteiger partial charge on any atom is -0.354 e. The van der Waals surface area contributed by atoms with E-state index in [1.807, 2.05) is 19.7 Å². The van der Waals surface area contributed by atoms with Crippen LogP contribution < -0.4 is 0 Å². The molecule has 0 spiro atoms. The minimum atomic E-state index is 1.28. The van der Waals surface area contributed by atoms with Crippen LogP contribution in [0.15, 0.2) is 12.1 Å². The molecule has 0 aliphatic carbocycles. The highest BCUT2D eigenvalue weighted by molar-refractivity contribution is 9.08. The Balaban J connectivity index is 0.000000855. The predicted octanol–water partition coefficient (Wildman–Crippen LogP) is 8.34. The maximum absolute atomic E-state index is 3.74. The van der Waals surface area contributed by atoms with Crippen LogP contribution in [-0.4, -0.2) is 10.8 Å². The van der Waals surface area contributed by atoms with Crippen molar-refractivity contribution in [3.05, 3.63) is 56.6 Å². The van der Waals surface area contributed by atoms with Gasteiger partial charge in [-0.3, -0.25) is 0 Å². The van der Waals surface area contributed by atoms with E-state index in [0.717, 1.165) is 0 Å². The van der Waals surface area contributed by atoms with Crippen molar-refractivity contribution in [2.24, 2.45) is 0 Å². The van der Waals surface area contributed by atoms with Gasteiger partial charge in [-0.25, -0.2) is 0 Å². The first-order chi connectivity index (χ1) is 12.8. The largest absolute Gasteiger partial charge is 0.354 e. The Morgan fingerprint density at radius 1 is 0.593 bits per heavy atom. The molecule has 0 fully saturated rings. The van der Waals surface area contributed by atoms with Crippen molar-refractivity contribution in [2.45, 2.75) is 69.2 Å². The zero-order valence-electron chi connectivity index (χ0n) is 19.0.